The molecule has 5 heteroatoms. The fourth-order valence-corrected chi connectivity index (χ4v) is 3.79. The van der Waals surface area contributed by atoms with E-state index in [4.69, 9.17) is 9.72 Å². The van der Waals surface area contributed by atoms with Gasteiger partial charge in [0.1, 0.15) is 0 Å². The van der Waals surface area contributed by atoms with Crippen LogP contribution in [0.25, 0.3) is 22.5 Å². The Morgan fingerprint density at radius 3 is 2.19 bits per heavy atom. The zero-order valence-corrected chi connectivity index (χ0v) is 16.7. The van der Waals surface area contributed by atoms with Crippen molar-refractivity contribution in [2.45, 2.75) is 25.5 Å². The van der Waals surface area contributed by atoms with Crippen LogP contribution in [0.1, 0.15) is 13.8 Å². The third-order valence-corrected chi connectivity index (χ3v) is 5.07. The van der Waals surface area contributed by atoms with Crippen LogP contribution in [0.5, 0.6) is 0 Å². The molecule has 2 aromatic carbocycles. The number of benzene rings is 2. The van der Waals surface area contributed by atoms with Crippen LogP contribution in [0.2, 0.25) is 0 Å². The monoisotopic (exact) mass is 380 g/mol. The first-order chi connectivity index (χ1) is 13.1. The van der Waals surface area contributed by atoms with Gasteiger partial charge in [-0.2, -0.15) is 0 Å². The lowest BCUT2D eigenvalue weighted by molar-refractivity contribution is -0.137. The van der Waals surface area contributed by atoms with Gasteiger partial charge in [0.2, 0.25) is 0 Å². The van der Waals surface area contributed by atoms with Gasteiger partial charge in [-0.3, -0.25) is 4.79 Å². The average molecular weight is 381 g/mol. The second-order valence-electron chi connectivity index (χ2n) is 6.69. The number of ether oxygens (including phenoxy) is 1. The predicted molar refractivity (Wildman–Crippen MR) is 111 cm³/mol. The van der Waals surface area contributed by atoms with E-state index in [9.17, 15) is 4.79 Å². The van der Waals surface area contributed by atoms with E-state index in [1.807, 2.05) is 36.4 Å². The van der Waals surface area contributed by atoms with Gasteiger partial charge in [0.25, 0.3) is 0 Å². The molecule has 0 aliphatic heterocycles. The van der Waals surface area contributed by atoms with Crippen molar-refractivity contribution in [3.05, 3.63) is 60.7 Å². The molecule has 0 spiro atoms. The molecule has 1 heterocycles. The van der Waals surface area contributed by atoms with E-state index >= 15 is 0 Å². The van der Waals surface area contributed by atoms with Gasteiger partial charge >= 0.3 is 5.97 Å². The smallest absolute Gasteiger partial charge is 0.316 e. The van der Waals surface area contributed by atoms with Crippen molar-refractivity contribution in [2.75, 3.05) is 12.9 Å². The van der Waals surface area contributed by atoms with Crippen LogP contribution in [0.4, 0.5) is 0 Å². The van der Waals surface area contributed by atoms with Gasteiger partial charge in [-0.05, 0) is 5.92 Å². The molecule has 4 nitrogen and oxygen atoms in total. The molecule has 0 unspecified atom stereocenters. The van der Waals surface area contributed by atoms with Crippen LogP contribution >= 0.6 is 11.8 Å². The molecule has 0 fully saturated rings. The Balaban J connectivity index is 2.16. The van der Waals surface area contributed by atoms with Crippen molar-refractivity contribution in [2.24, 2.45) is 5.92 Å². The summed E-state index contributed by atoms with van der Waals surface area (Å²) in [5.74, 6) is 0.443. The number of rotatable bonds is 7. The SMILES string of the molecule is COC(=O)CSc1nc(-c2ccccc2)c(-c2ccccc2)n1CC(C)C. The third kappa shape index (κ3) is 4.61. The van der Waals surface area contributed by atoms with Crippen LogP contribution in [-0.4, -0.2) is 28.4 Å². The minimum Gasteiger partial charge on any atom is -0.468 e. The molecule has 3 rings (SSSR count). The molecule has 0 amide bonds. The lowest BCUT2D eigenvalue weighted by Gasteiger charge is -2.15. The van der Waals surface area contributed by atoms with Crippen molar-refractivity contribution in [3.63, 3.8) is 0 Å². The maximum atomic E-state index is 11.7. The highest BCUT2D eigenvalue weighted by atomic mass is 32.2. The quantitative estimate of drug-likeness (QED) is 0.421. The first-order valence-corrected chi connectivity index (χ1v) is 9.99. The molecule has 0 radical (unpaired) electrons. The summed E-state index contributed by atoms with van der Waals surface area (Å²) in [4.78, 5) is 16.6. The van der Waals surface area contributed by atoms with Gasteiger partial charge in [0.05, 0.1) is 24.3 Å². The zero-order valence-electron chi connectivity index (χ0n) is 15.9. The standard InChI is InChI=1S/C22H24N2O2S/c1-16(2)14-24-21(18-12-8-5-9-13-18)20(17-10-6-4-7-11-17)23-22(24)27-15-19(25)26-3/h4-13,16H,14-15H2,1-3H3. The van der Waals surface area contributed by atoms with Crippen LogP contribution in [0.3, 0.4) is 0 Å². The van der Waals surface area contributed by atoms with E-state index < -0.39 is 0 Å². The first-order valence-electron chi connectivity index (χ1n) is 9.01. The van der Waals surface area contributed by atoms with Crippen LogP contribution in [0, 0.1) is 5.92 Å². The van der Waals surface area contributed by atoms with Crippen molar-refractivity contribution < 1.29 is 9.53 Å². The van der Waals surface area contributed by atoms with E-state index in [1.165, 1.54) is 18.9 Å². The van der Waals surface area contributed by atoms with E-state index in [0.29, 0.717) is 5.92 Å². The predicted octanol–water partition coefficient (Wildman–Crippen LogP) is 5.14. The minimum absolute atomic E-state index is 0.244. The van der Waals surface area contributed by atoms with Gasteiger partial charge in [-0.1, -0.05) is 86.3 Å². The largest absolute Gasteiger partial charge is 0.468 e. The van der Waals surface area contributed by atoms with Crippen LogP contribution in [0.15, 0.2) is 65.8 Å². The Kier molecular flexibility index (Phi) is 6.35. The second-order valence-corrected chi connectivity index (χ2v) is 7.64. The summed E-state index contributed by atoms with van der Waals surface area (Å²) >= 11 is 1.42. The van der Waals surface area contributed by atoms with Gasteiger partial charge in [0.15, 0.2) is 5.16 Å². The topological polar surface area (TPSA) is 44.1 Å². The average Bonchev–Trinajstić information content (AvgIpc) is 3.05. The second kappa shape index (κ2) is 8.91. The molecule has 0 atom stereocenters. The number of carbonyl (C=O) groups is 1. The van der Waals surface area contributed by atoms with Gasteiger partial charge in [0, 0.05) is 17.7 Å². The number of hydrogen-bond donors (Lipinski definition) is 0. The minimum atomic E-state index is -0.249. The van der Waals surface area contributed by atoms with E-state index in [-0.39, 0.29) is 11.7 Å². The van der Waals surface area contributed by atoms with Crippen molar-refractivity contribution >= 4 is 17.7 Å². The third-order valence-electron chi connectivity index (χ3n) is 4.12. The molecular weight excluding hydrogens is 356 g/mol. The number of nitrogens with zero attached hydrogens (tertiary/aromatic N) is 2. The molecule has 0 N–H and O–H groups in total. The number of carbonyl (C=O) groups excluding carboxylic acids is 1. The highest BCUT2D eigenvalue weighted by Crippen LogP contribution is 2.36. The number of imidazole rings is 1. The summed E-state index contributed by atoms with van der Waals surface area (Å²) in [5, 5.41) is 0.840. The number of esters is 1. The maximum absolute atomic E-state index is 11.7. The molecule has 1 aromatic heterocycles. The fourth-order valence-electron chi connectivity index (χ4n) is 2.95. The summed E-state index contributed by atoms with van der Waals surface area (Å²) in [6.45, 7) is 5.20. The van der Waals surface area contributed by atoms with Crippen molar-refractivity contribution in [1.29, 1.82) is 0 Å². The van der Waals surface area contributed by atoms with Crippen LogP contribution in [-0.2, 0) is 16.1 Å². The van der Waals surface area contributed by atoms with Crippen molar-refractivity contribution in [1.82, 2.24) is 9.55 Å². The fraction of sp³-hybridized carbons (Fsp3) is 0.273. The molecule has 0 aliphatic rings. The number of thioether (sulfide) groups is 1. The number of methoxy groups -OCH3 is 1. The highest BCUT2D eigenvalue weighted by molar-refractivity contribution is 7.99. The van der Waals surface area contributed by atoms with E-state index in [1.54, 1.807) is 0 Å². The molecule has 0 aliphatic carbocycles. The summed E-state index contributed by atoms with van der Waals surface area (Å²) in [5.41, 5.74) is 4.21. The first kappa shape index (κ1) is 19.2. The molecule has 0 saturated carbocycles. The molecule has 0 bridgehead atoms. The van der Waals surface area contributed by atoms with Crippen LogP contribution < -0.4 is 0 Å². The zero-order chi connectivity index (χ0) is 19.2. The summed E-state index contributed by atoms with van der Waals surface area (Å²) in [6, 6.07) is 20.5. The molecular formula is C22H24N2O2S. The normalized spacial score (nSPS) is 11.0. The Bertz CT molecular complexity index is 889. The lowest BCUT2D eigenvalue weighted by atomic mass is 10.0. The number of hydrogen-bond acceptors (Lipinski definition) is 4. The Morgan fingerprint density at radius 2 is 1.63 bits per heavy atom. The Labute approximate surface area is 164 Å². The Hall–Kier alpha value is -2.53. The highest BCUT2D eigenvalue weighted by Gasteiger charge is 2.21. The maximum Gasteiger partial charge on any atom is 0.316 e. The van der Waals surface area contributed by atoms with Gasteiger partial charge in [-0.25, -0.2) is 4.98 Å². The number of aromatic nitrogens is 2. The molecule has 3 aromatic rings. The van der Waals surface area contributed by atoms with E-state index in [2.05, 4.69) is 42.7 Å². The Morgan fingerprint density at radius 1 is 1.04 bits per heavy atom. The van der Waals surface area contributed by atoms with Gasteiger partial charge in [-0.15, -0.1) is 0 Å². The summed E-state index contributed by atoms with van der Waals surface area (Å²) in [6.07, 6.45) is 0. The van der Waals surface area contributed by atoms with Gasteiger partial charge < -0.3 is 9.30 Å². The molecule has 140 valence electrons. The summed E-state index contributed by atoms with van der Waals surface area (Å²) < 4.78 is 7.03. The van der Waals surface area contributed by atoms with Crippen molar-refractivity contribution in [3.8, 4) is 22.5 Å². The molecule has 27 heavy (non-hydrogen) atoms. The molecule has 0 saturated heterocycles. The summed E-state index contributed by atoms with van der Waals surface area (Å²) in [7, 11) is 1.41. The van der Waals surface area contributed by atoms with E-state index in [0.717, 1.165) is 34.2 Å². The lowest BCUT2D eigenvalue weighted by Crippen LogP contribution is -2.09.